The Morgan fingerprint density at radius 1 is 1.33 bits per heavy atom. The van der Waals surface area contributed by atoms with Crippen LogP contribution in [0, 0.1) is 11.3 Å². The number of hydrazone groups is 1. The number of fused-ring (bicyclic) bond motifs is 3. The Hall–Kier alpha value is -1.51. The van der Waals surface area contributed by atoms with Crippen molar-refractivity contribution in [3.63, 3.8) is 0 Å². The number of phenolic OH excluding ortho intramolecular Hbond substituents is 1. The van der Waals surface area contributed by atoms with Crippen LogP contribution in [0.4, 0.5) is 5.82 Å². The predicted molar refractivity (Wildman–Crippen MR) is 132 cm³/mol. The van der Waals surface area contributed by atoms with Crippen molar-refractivity contribution in [2.75, 3.05) is 5.43 Å². The summed E-state index contributed by atoms with van der Waals surface area (Å²) >= 11 is 8.56. The van der Waals surface area contributed by atoms with E-state index in [1.165, 1.54) is 23.3 Å². The van der Waals surface area contributed by atoms with E-state index in [9.17, 15) is 5.11 Å². The highest BCUT2D eigenvalue weighted by atomic mass is 79.9. The highest BCUT2D eigenvalue weighted by molar-refractivity contribution is 9.11. The first-order chi connectivity index (χ1) is 14.3. The number of aromatic nitrogens is 2. The summed E-state index contributed by atoms with van der Waals surface area (Å²) in [5, 5.41) is 15.7. The fourth-order valence-corrected chi connectivity index (χ4v) is 6.44. The van der Waals surface area contributed by atoms with Crippen molar-refractivity contribution < 1.29 is 5.11 Å². The molecule has 2 aromatic heterocycles. The molecular formula is C22H24Br2N4OS. The van der Waals surface area contributed by atoms with Crippen LogP contribution in [0.2, 0.25) is 0 Å². The zero-order valence-electron chi connectivity index (χ0n) is 17.2. The molecule has 4 rings (SSSR count). The molecule has 158 valence electrons. The molecule has 0 saturated carbocycles. The first-order valence-electron chi connectivity index (χ1n) is 10.0. The molecule has 0 unspecified atom stereocenters. The molecule has 0 amide bonds. The van der Waals surface area contributed by atoms with E-state index in [1.807, 2.05) is 6.07 Å². The molecule has 5 nitrogen and oxygen atoms in total. The summed E-state index contributed by atoms with van der Waals surface area (Å²) in [6.45, 7) is 7.03. The Kier molecular flexibility index (Phi) is 6.19. The average molecular weight is 552 g/mol. The second-order valence-electron chi connectivity index (χ2n) is 8.38. The quantitative estimate of drug-likeness (QED) is 0.267. The predicted octanol–water partition coefficient (Wildman–Crippen LogP) is 6.91. The van der Waals surface area contributed by atoms with Gasteiger partial charge in [-0.05, 0) is 64.2 Å². The number of nitrogens with zero attached hydrogens (tertiary/aromatic N) is 3. The van der Waals surface area contributed by atoms with Crippen LogP contribution < -0.4 is 5.43 Å². The zero-order valence-corrected chi connectivity index (χ0v) is 21.2. The molecule has 0 radical (unpaired) electrons. The van der Waals surface area contributed by atoms with E-state index in [2.05, 4.69) is 73.1 Å². The number of anilines is 1. The molecular weight excluding hydrogens is 528 g/mol. The molecule has 1 atom stereocenters. The van der Waals surface area contributed by atoms with E-state index in [4.69, 9.17) is 0 Å². The number of halogens is 2. The third-order valence-electron chi connectivity index (χ3n) is 6.29. The van der Waals surface area contributed by atoms with Crippen LogP contribution in [-0.4, -0.2) is 21.3 Å². The topological polar surface area (TPSA) is 70.4 Å². The minimum absolute atomic E-state index is 0.147. The van der Waals surface area contributed by atoms with Gasteiger partial charge in [0, 0.05) is 14.9 Å². The van der Waals surface area contributed by atoms with Crippen molar-refractivity contribution in [3.8, 4) is 5.75 Å². The molecule has 0 bridgehead atoms. The maximum atomic E-state index is 10.2. The molecule has 1 aliphatic carbocycles. The van der Waals surface area contributed by atoms with Crippen LogP contribution in [0.15, 0.2) is 32.5 Å². The second-order valence-corrected chi connectivity index (χ2v) is 11.2. The fraction of sp³-hybridized carbons (Fsp3) is 0.409. The standard InChI is InChI=1S/C22H24Br2N4OS/c1-4-22(2,3)13-5-6-17-15(8-13)18-20(25-11-26-21(18)30-17)28-27-10-12-7-14(23)9-16(24)19(12)29/h7,9-11,13,29H,4-6,8H2,1-3H3,(H,25,26,28)/b27-10-/t13-/m0/s1. The Morgan fingerprint density at radius 3 is 2.90 bits per heavy atom. The molecule has 0 fully saturated rings. The van der Waals surface area contributed by atoms with Crippen LogP contribution in [0.3, 0.4) is 0 Å². The Morgan fingerprint density at radius 2 is 2.13 bits per heavy atom. The van der Waals surface area contributed by atoms with Gasteiger partial charge in [-0.1, -0.05) is 43.1 Å². The molecule has 30 heavy (non-hydrogen) atoms. The van der Waals surface area contributed by atoms with Gasteiger partial charge in [-0.3, -0.25) is 5.43 Å². The maximum Gasteiger partial charge on any atom is 0.158 e. The summed E-state index contributed by atoms with van der Waals surface area (Å²) in [4.78, 5) is 11.4. The lowest BCUT2D eigenvalue weighted by Gasteiger charge is -2.36. The van der Waals surface area contributed by atoms with Gasteiger partial charge < -0.3 is 5.11 Å². The number of aromatic hydroxyl groups is 1. The van der Waals surface area contributed by atoms with Crippen molar-refractivity contribution in [2.45, 2.75) is 46.5 Å². The Balaban J connectivity index is 1.66. The van der Waals surface area contributed by atoms with E-state index in [0.717, 1.165) is 33.3 Å². The van der Waals surface area contributed by atoms with Gasteiger partial charge in [-0.2, -0.15) is 5.10 Å². The van der Waals surface area contributed by atoms with Crippen molar-refractivity contribution in [3.05, 3.63) is 43.4 Å². The number of benzene rings is 1. The SMILES string of the molecule is CCC(C)(C)[C@H]1CCc2sc3ncnc(N/N=C\c4cc(Br)cc(Br)c4O)c3c2C1. The number of phenols is 1. The lowest BCUT2D eigenvalue weighted by molar-refractivity contribution is 0.184. The zero-order chi connectivity index (χ0) is 21.5. The summed E-state index contributed by atoms with van der Waals surface area (Å²) in [7, 11) is 0. The summed E-state index contributed by atoms with van der Waals surface area (Å²) in [5.74, 6) is 1.52. The lowest BCUT2D eigenvalue weighted by Crippen LogP contribution is -2.28. The van der Waals surface area contributed by atoms with Crippen LogP contribution in [0.1, 0.15) is 49.6 Å². The Bertz CT molecular complexity index is 1130. The average Bonchev–Trinajstić information content (AvgIpc) is 3.10. The van der Waals surface area contributed by atoms with Gasteiger partial charge in [0.2, 0.25) is 0 Å². The van der Waals surface area contributed by atoms with E-state index < -0.39 is 0 Å². The normalized spacial score (nSPS) is 16.9. The van der Waals surface area contributed by atoms with Gasteiger partial charge >= 0.3 is 0 Å². The van der Waals surface area contributed by atoms with Gasteiger partial charge in [0.05, 0.1) is 16.1 Å². The number of nitrogens with one attached hydrogen (secondary N) is 1. The minimum Gasteiger partial charge on any atom is -0.506 e. The maximum absolute atomic E-state index is 10.2. The van der Waals surface area contributed by atoms with Crippen molar-refractivity contribution >= 4 is 65.4 Å². The molecule has 0 aliphatic heterocycles. The van der Waals surface area contributed by atoms with Gasteiger partial charge in [0.1, 0.15) is 16.9 Å². The first kappa shape index (κ1) is 21.7. The van der Waals surface area contributed by atoms with Crippen LogP contribution >= 0.6 is 43.2 Å². The number of hydrogen-bond acceptors (Lipinski definition) is 6. The first-order valence-corrected chi connectivity index (χ1v) is 12.4. The van der Waals surface area contributed by atoms with Crippen LogP contribution in [0.5, 0.6) is 5.75 Å². The van der Waals surface area contributed by atoms with E-state index >= 15 is 0 Å². The van der Waals surface area contributed by atoms with E-state index in [1.54, 1.807) is 29.9 Å². The van der Waals surface area contributed by atoms with Gasteiger partial charge in [-0.15, -0.1) is 11.3 Å². The molecule has 0 spiro atoms. The smallest absolute Gasteiger partial charge is 0.158 e. The minimum atomic E-state index is 0.147. The second kappa shape index (κ2) is 8.55. The molecule has 0 saturated heterocycles. The van der Waals surface area contributed by atoms with Crippen LogP contribution in [0.25, 0.3) is 10.2 Å². The highest BCUT2D eigenvalue weighted by Crippen LogP contribution is 2.45. The monoisotopic (exact) mass is 550 g/mol. The number of aryl methyl sites for hydroxylation is 1. The molecule has 3 aromatic rings. The number of rotatable bonds is 5. The van der Waals surface area contributed by atoms with E-state index in [0.29, 0.717) is 21.4 Å². The van der Waals surface area contributed by atoms with Gasteiger partial charge in [0.15, 0.2) is 5.82 Å². The largest absolute Gasteiger partial charge is 0.506 e. The Labute approximate surface area is 197 Å². The van der Waals surface area contributed by atoms with Crippen molar-refractivity contribution in [2.24, 2.45) is 16.4 Å². The van der Waals surface area contributed by atoms with Crippen LogP contribution in [-0.2, 0) is 12.8 Å². The number of thiophene rings is 1. The molecule has 1 aliphatic rings. The molecule has 8 heteroatoms. The highest BCUT2D eigenvalue weighted by Gasteiger charge is 2.33. The lowest BCUT2D eigenvalue weighted by atomic mass is 9.69. The number of hydrogen-bond donors (Lipinski definition) is 2. The summed E-state index contributed by atoms with van der Waals surface area (Å²) in [6, 6.07) is 3.60. The fourth-order valence-electron chi connectivity index (χ4n) is 4.00. The summed E-state index contributed by atoms with van der Waals surface area (Å²) < 4.78 is 1.47. The molecule has 2 N–H and O–H groups in total. The molecule has 2 heterocycles. The third kappa shape index (κ3) is 4.14. The third-order valence-corrected chi connectivity index (χ3v) is 8.55. The van der Waals surface area contributed by atoms with Gasteiger partial charge in [0.25, 0.3) is 0 Å². The van der Waals surface area contributed by atoms with Gasteiger partial charge in [-0.25, -0.2) is 9.97 Å². The van der Waals surface area contributed by atoms with Crippen molar-refractivity contribution in [1.29, 1.82) is 0 Å². The summed E-state index contributed by atoms with van der Waals surface area (Å²) in [5.41, 5.74) is 5.38. The van der Waals surface area contributed by atoms with Crippen molar-refractivity contribution in [1.82, 2.24) is 9.97 Å². The molecule has 1 aromatic carbocycles. The van der Waals surface area contributed by atoms with E-state index in [-0.39, 0.29) is 5.75 Å². The summed E-state index contributed by atoms with van der Waals surface area (Å²) in [6.07, 6.45) is 7.75.